The Balaban J connectivity index is 1.93. The summed E-state index contributed by atoms with van der Waals surface area (Å²) in [5.41, 5.74) is 8.33. The highest BCUT2D eigenvalue weighted by Gasteiger charge is 2.19. The van der Waals surface area contributed by atoms with Crippen LogP contribution in [0.25, 0.3) is 0 Å². The Morgan fingerprint density at radius 2 is 2.04 bits per heavy atom. The van der Waals surface area contributed by atoms with Crippen LogP contribution in [-0.2, 0) is 11.2 Å². The first-order valence-corrected chi connectivity index (χ1v) is 7.89. The van der Waals surface area contributed by atoms with Crippen molar-refractivity contribution in [2.24, 2.45) is 0 Å². The molecule has 0 saturated heterocycles. The van der Waals surface area contributed by atoms with E-state index in [1.54, 1.807) is 24.5 Å². The molecule has 23 heavy (non-hydrogen) atoms. The Kier molecular flexibility index (Phi) is 6.11. The van der Waals surface area contributed by atoms with Crippen LogP contribution < -0.4 is 11.1 Å². The SMILES string of the molecule is CCN(CCc1ccncc1)C(C)C(=O)Nc1cccc(N)c1. The topological polar surface area (TPSA) is 71.2 Å². The van der Waals surface area contributed by atoms with Crippen molar-refractivity contribution in [3.8, 4) is 0 Å². The molecule has 1 aromatic heterocycles. The molecule has 0 saturated carbocycles. The smallest absolute Gasteiger partial charge is 0.241 e. The maximum atomic E-state index is 12.4. The van der Waals surface area contributed by atoms with Crippen LogP contribution in [0.4, 0.5) is 11.4 Å². The van der Waals surface area contributed by atoms with E-state index in [4.69, 9.17) is 5.73 Å². The van der Waals surface area contributed by atoms with Gasteiger partial charge in [0.05, 0.1) is 6.04 Å². The van der Waals surface area contributed by atoms with Crippen LogP contribution in [0.5, 0.6) is 0 Å². The van der Waals surface area contributed by atoms with E-state index in [9.17, 15) is 4.79 Å². The van der Waals surface area contributed by atoms with E-state index in [1.165, 1.54) is 5.56 Å². The van der Waals surface area contributed by atoms with E-state index in [-0.39, 0.29) is 11.9 Å². The molecule has 2 aromatic rings. The molecule has 0 aliphatic rings. The molecule has 1 aromatic carbocycles. The Labute approximate surface area is 137 Å². The molecule has 0 aliphatic carbocycles. The standard InChI is InChI=1S/C18H24N4O/c1-3-22(12-9-15-7-10-20-11-8-15)14(2)18(23)21-17-6-4-5-16(19)13-17/h4-8,10-11,13-14H,3,9,12,19H2,1-2H3,(H,21,23). The van der Waals surface area contributed by atoms with Crippen molar-refractivity contribution in [3.05, 3.63) is 54.4 Å². The molecule has 0 spiro atoms. The van der Waals surface area contributed by atoms with E-state index in [0.29, 0.717) is 5.69 Å². The fraction of sp³-hybridized carbons (Fsp3) is 0.333. The van der Waals surface area contributed by atoms with Crippen molar-refractivity contribution in [2.75, 3.05) is 24.1 Å². The van der Waals surface area contributed by atoms with Gasteiger partial charge in [-0.05, 0) is 55.8 Å². The number of aromatic nitrogens is 1. The molecule has 0 radical (unpaired) electrons. The van der Waals surface area contributed by atoms with E-state index >= 15 is 0 Å². The molecule has 1 unspecified atom stereocenters. The number of benzene rings is 1. The highest BCUT2D eigenvalue weighted by molar-refractivity contribution is 5.94. The molecular weight excluding hydrogens is 288 g/mol. The summed E-state index contributed by atoms with van der Waals surface area (Å²) in [5, 5.41) is 2.92. The Hall–Kier alpha value is -2.40. The number of pyridine rings is 1. The molecule has 5 nitrogen and oxygen atoms in total. The number of rotatable bonds is 7. The van der Waals surface area contributed by atoms with Gasteiger partial charge in [-0.2, -0.15) is 0 Å². The molecule has 1 atom stereocenters. The summed E-state index contributed by atoms with van der Waals surface area (Å²) >= 11 is 0. The first-order chi connectivity index (χ1) is 11.1. The van der Waals surface area contributed by atoms with Crippen molar-refractivity contribution in [1.82, 2.24) is 9.88 Å². The summed E-state index contributed by atoms with van der Waals surface area (Å²) in [6.45, 7) is 5.64. The zero-order valence-electron chi connectivity index (χ0n) is 13.7. The van der Waals surface area contributed by atoms with Gasteiger partial charge < -0.3 is 11.1 Å². The number of hydrogen-bond donors (Lipinski definition) is 2. The highest BCUT2D eigenvalue weighted by Crippen LogP contribution is 2.13. The highest BCUT2D eigenvalue weighted by atomic mass is 16.2. The monoisotopic (exact) mass is 312 g/mol. The van der Waals surface area contributed by atoms with Gasteiger partial charge in [-0.15, -0.1) is 0 Å². The lowest BCUT2D eigenvalue weighted by Gasteiger charge is -2.27. The van der Waals surface area contributed by atoms with E-state index in [0.717, 1.165) is 25.2 Å². The lowest BCUT2D eigenvalue weighted by molar-refractivity contribution is -0.120. The van der Waals surface area contributed by atoms with Gasteiger partial charge in [0.1, 0.15) is 0 Å². The average Bonchev–Trinajstić information content (AvgIpc) is 2.56. The number of nitrogen functional groups attached to an aromatic ring is 1. The summed E-state index contributed by atoms with van der Waals surface area (Å²) < 4.78 is 0. The number of carbonyl (C=O) groups is 1. The van der Waals surface area contributed by atoms with Crippen LogP contribution in [0.2, 0.25) is 0 Å². The number of nitrogens with zero attached hydrogens (tertiary/aromatic N) is 2. The molecule has 3 N–H and O–H groups in total. The first-order valence-electron chi connectivity index (χ1n) is 7.89. The quantitative estimate of drug-likeness (QED) is 0.771. The van der Waals surface area contributed by atoms with Gasteiger partial charge in [0, 0.05) is 30.3 Å². The minimum absolute atomic E-state index is 0.0211. The number of nitrogens with two attached hydrogens (primary N) is 1. The van der Waals surface area contributed by atoms with Crippen molar-refractivity contribution < 1.29 is 4.79 Å². The molecule has 1 heterocycles. The Bertz CT molecular complexity index is 630. The number of carbonyl (C=O) groups excluding carboxylic acids is 1. The maximum absolute atomic E-state index is 12.4. The average molecular weight is 312 g/mol. The van der Waals surface area contributed by atoms with Gasteiger partial charge in [0.15, 0.2) is 0 Å². The predicted molar refractivity (Wildman–Crippen MR) is 94.1 cm³/mol. The summed E-state index contributed by atoms with van der Waals surface area (Å²) in [4.78, 5) is 18.6. The van der Waals surface area contributed by atoms with Gasteiger partial charge in [-0.25, -0.2) is 0 Å². The molecule has 0 aliphatic heterocycles. The molecular formula is C18H24N4O. The van der Waals surface area contributed by atoms with E-state index < -0.39 is 0 Å². The van der Waals surface area contributed by atoms with Crippen molar-refractivity contribution in [2.45, 2.75) is 26.3 Å². The molecule has 0 bridgehead atoms. The summed E-state index contributed by atoms with van der Waals surface area (Å²) in [5.74, 6) is -0.0211. The summed E-state index contributed by atoms with van der Waals surface area (Å²) in [7, 11) is 0. The second-order valence-electron chi connectivity index (χ2n) is 5.52. The van der Waals surface area contributed by atoms with Crippen molar-refractivity contribution in [3.63, 3.8) is 0 Å². The Morgan fingerprint density at radius 1 is 1.30 bits per heavy atom. The van der Waals surface area contributed by atoms with E-state index in [2.05, 4.69) is 22.1 Å². The lowest BCUT2D eigenvalue weighted by Crippen LogP contribution is -2.43. The van der Waals surface area contributed by atoms with Crippen molar-refractivity contribution in [1.29, 1.82) is 0 Å². The molecule has 2 rings (SSSR count). The van der Waals surface area contributed by atoms with Gasteiger partial charge in [-0.3, -0.25) is 14.7 Å². The van der Waals surface area contributed by atoms with Crippen molar-refractivity contribution >= 4 is 17.3 Å². The minimum atomic E-state index is -0.205. The molecule has 5 heteroatoms. The summed E-state index contributed by atoms with van der Waals surface area (Å²) in [6, 6.07) is 11.0. The zero-order chi connectivity index (χ0) is 16.7. The minimum Gasteiger partial charge on any atom is -0.399 e. The number of hydrogen-bond acceptors (Lipinski definition) is 4. The largest absolute Gasteiger partial charge is 0.399 e. The van der Waals surface area contributed by atoms with Crippen LogP contribution in [0.15, 0.2) is 48.8 Å². The van der Waals surface area contributed by atoms with Gasteiger partial charge >= 0.3 is 0 Å². The Morgan fingerprint density at radius 3 is 2.70 bits per heavy atom. The second kappa shape index (κ2) is 8.29. The predicted octanol–water partition coefficient (Wildman–Crippen LogP) is 2.56. The lowest BCUT2D eigenvalue weighted by atomic mass is 10.1. The number of anilines is 2. The summed E-state index contributed by atoms with van der Waals surface area (Å²) in [6.07, 6.45) is 4.48. The third-order valence-electron chi connectivity index (χ3n) is 3.92. The van der Waals surface area contributed by atoms with Crippen LogP contribution >= 0.6 is 0 Å². The third-order valence-corrected chi connectivity index (χ3v) is 3.92. The number of likely N-dealkylation sites (N-methyl/N-ethyl adjacent to an activating group) is 1. The first kappa shape index (κ1) is 17.0. The van der Waals surface area contributed by atoms with Gasteiger partial charge in [0.2, 0.25) is 5.91 Å². The number of nitrogens with one attached hydrogen (secondary N) is 1. The van der Waals surface area contributed by atoms with Gasteiger partial charge in [0.25, 0.3) is 0 Å². The van der Waals surface area contributed by atoms with Crippen LogP contribution in [0.1, 0.15) is 19.4 Å². The molecule has 122 valence electrons. The van der Waals surface area contributed by atoms with Gasteiger partial charge in [-0.1, -0.05) is 13.0 Å². The number of amides is 1. The zero-order valence-corrected chi connectivity index (χ0v) is 13.7. The molecule has 0 fully saturated rings. The normalized spacial score (nSPS) is 12.1. The van der Waals surface area contributed by atoms with Crippen LogP contribution in [-0.4, -0.2) is 34.9 Å². The van der Waals surface area contributed by atoms with Crippen LogP contribution in [0, 0.1) is 0 Å². The maximum Gasteiger partial charge on any atom is 0.241 e. The fourth-order valence-electron chi connectivity index (χ4n) is 2.48. The fourth-order valence-corrected chi connectivity index (χ4v) is 2.48. The van der Waals surface area contributed by atoms with Crippen LogP contribution in [0.3, 0.4) is 0 Å². The van der Waals surface area contributed by atoms with E-state index in [1.807, 2.05) is 31.2 Å². The molecule has 1 amide bonds. The second-order valence-corrected chi connectivity index (χ2v) is 5.52. The third kappa shape index (κ3) is 5.07.